The summed E-state index contributed by atoms with van der Waals surface area (Å²) in [6.07, 6.45) is 0.868. The quantitative estimate of drug-likeness (QED) is 0.460. The Balaban J connectivity index is 1.58. The molecule has 35 heavy (non-hydrogen) atoms. The van der Waals surface area contributed by atoms with Crippen molar-refractivity contribution in [2.45, 2.75) is 45.7 Å². The lowest BCUT2D eigenvalue weighted by atomic mass is 9.98. The molecule has 1 N–H and O–H groups in total. The van der Waals surface area contributed by atoms with Crippen LogP contribution >= 0.6 is 0 Å². The Morgan fingerprint density at radius 3 is 2.49 bits per heavy atom. The largest absolute Gasteiger partial charge is 0.369 e. The predicted molar refractivity (Wildman–Crippen MR) is 139 cm³/mol. The number of aromatic nitrogens is 5. The van der Waals surface area contributed by atoms with Crippen LogP contribution in [0.25, 0.3) is 10.9 Å². The molecule has 0 saturated carbocycles. The summed E-state index contributed by atoms with van der Waals surface area (Å²) in [5.74, 6) is 0.711. The van der Waals surface area contributed by atoms with E-state index in [4.69, 9.17) is 0 Å². The van der Waals surface area contributed by atoms with Gasteiger partial charge in [0.2, 0.25) is 0 Å². The van der Waals surface area contributed by atoms with Crippen LogP contribution in [0.15, 0.2) is 59.4 Å². The number of aryl methyl sites for hydroxylation is 1. The van der Waals surface area contributed by atoms with Crippen molar-refractivity contribution >= 4 is 16.6 Å². The lowest BCUT2D eigenvalue weighted by Crippen LogP contribution is -2.49. The molecule has 3 heterocycles. The highest BCUT2D eigenvalue weighted by Gasteiger charge is 2.35. The number of nitrogens with one attached hydrogen (secondary N) is 1. The SMILES string of the molecule is CCC(C)(C)n1nnnc1[C@H](c1cc2cc(C)ccc2[nH]c1=O)N1CCN(c2ccccc2)CC1. The molecule has 2 aromatic heterocycles. The normalized spacial score (nSPS) is 16.1. The second-order valence-electron chi connectivity index (χ2n) is 10.0. The van der Waals surface area contributed by atoms with Crippen LogP contribution in [-0.2, 0) is 5.54 Å². The number of H-pyrrole nitrogens is 1. The molecule has 0 unspecified atom stereocenters. The Morgan fingerprint density at radius 2 is 1.77 bits per heavy atom. The summed E-state index contributed by atoms with van der Waals surface area (Å²) in [5, 5.41) is 13.9. The van der Waals surface area contributed by atoms with Crippen LogP contribution in [0.2, 0.25) is 0 Å². The molecule has 4 aromatic rings. The molecule has 8 nitrogen and oxygen atoms in total. The molecule has 1 atom stereocenters. The molecule has 0 amide bonds. The molecule has 1 saturated heterocycles. The van der Waals surface area contributed by atoms with Crippen molar-refractivity contribution in [3.63, 3.8) is 0 Å². The Bertz CT molecular complexity index is 1370. The number of tetrazole rings is 1. The van der Waals surface area contributed by atoms with Gasteiger partial charge in [0.25, 0.3) is 5.56 Å². The first-order valence-corrected chi connectivity index (χ1v) is 12.3. The van der Waals surface area contributed by atoms with Gasteiger partial charge in [-0.2, -0.15) is 0 Å². The molecule has 0 aliphatic carbocycles. The lowest BCUT2D eigenvalue weighted by Gasteiger charge is -2.40. The van der Waals surface area contributed by atoms with Crippen molar-refractivity contribution < 1.29 is 0 Å². The third-order valence-corrected chi connectivity index (χ3v) is 7.30. The first-order chi connectivity index (χ1) is 16.9. The fourth-order valence-electron chi connectivity index (χ4n) is 4.87. The molecule has 1 aliphatic rings. The van der Waals surface area contributed by atoms with Gasteiger partial charge in [0.05, 0.1) is 5.54 Å². The maximum absolute atomic E-state index is 13.4. The van der Waals surface area contributed by atoms with Crippen LogP contribution in [0.4, 0.5) is 5.69 Å². The molecule has 1 fully saturated rings. The van der Waals surface area contributed by atoms with Crippen molar-refractivity contribution in [2.24, 2.45) is 0 Å². The maximum atomic E-state index is 13.4. The molecule has 2 aromatic carbocycles. The minimum atomic E-state index is -0.345. The topological polar surface area (TPSA) is 82.9 Å². The molecule has 8 heteroatoms. The number of anilines is 1. The van der Waals surface area contributed by atoms with Crippen molar-refractivity contribution in [3.05, 3.63) is 81.9 Å². The Morgan fingerprint density at radius 1 is 1.03 bits per heavy atom. The second kappa shape index (κ2) is 9.26. The minimum absolute atomic E-state index is 0.0966. The number of benzene rings is 2. The molecule has 0 bridgehead atoms. The maximum Gasteiger partial charge on any atom is 0.253 e. The fraction of sp³-hybridized carbons (Fsp3) is 0.407. The number of rotatable bonds is 6. The zero-order valence-corrected chi connectivity index (χ0v) is 20.9. The minimum Gasteiger partial charge on any atom is -0.369 e. The third kappa shape index (κ3) is 4.46. The summed E-state index contributed by atoms with van der Waals surface area (Å²) >= 11 is 0. The van der Waals surface area contributed by atoms with E-state index in [2.05, 4.69) is 88.3 Å². The molecule has 5 rings (SSSR count). The van der Waals surface area contributed by atoms with E-state index in [1.165, 1.54) is 5.69 Å². The van der Waals surface area contributed by atoms with Crippen LogP contribution in [0.3, 0.4) is 0 Å². The van der Waals surface area contributed by atoms with Gasteiger partial charge in [-0.1, -0.05) is 36.8 Å². The van der Waals surface area contributed by atoms with E-state index in [0.29, 0.717) is 11.4 Å². The average molecular weight is 472 g/mol. The number of hydrogen-bond acceptors (Lipinski definition) is 6. The number of nitrogens with zero attached hydrogens (tertiary/aromatic N) is 6. The highest BCUT2D eigenvalue weighted by molar-refractivity contribution is 5.79. The Labute approximate surface area is 205 Å². The van der Waals surface area contributed by atoms with Crippen LogP contribution in [-0.4, -0.2) is 56.3 Å². The van der Waals surface area contributed by atoms with Crippen LogP contribution in [0, 0.1) is 6.92 Å². The van der Waals surface area contributed by atoms with Crippen molar-refractivity contribution in [3.8, 4) is 0 Å². The van der Waals surface area contributed by atoms with Crippen molar-refractivity contribution in [1.29, 1.82) is 0 Å². The smallest absolute Gasteiger partial charge is 0.253 e. The summed E-state index contributed by atoms with van der Waals surface area (Å²) < 4.78 is 1.90. The highest BCUT2D eigenvalue weighted by atomic mass is 16.1. The molecule has 1 aliphatic heterocycles. The first kappa shape index (κ1) is 23.2. The summed E-state index contributed by atoms with van der Waals surface area (Å²) in [7, 11) is 0. The highest BCUT2D eigenvalue weighted by Crippen LogP contribution is 2.31. The first-order valence-electron chi connectivity index (χ1n) is 12.3. The number of hydrogen-bond donors (Lipinski definition) is 1. The number of fused-ring (bicyclic) bond motifs is 1. The number of para-hydroxylation sites is 1. The van der Waals surface area contributed by atoms with Gasteiger partial charge in [-0.3, -0.25) is 9.69 Å². The lowest BCUT2D eigenvalue weighted by molar-refractivity contribution is 0.186. The number of piperazine rings is 1. The van der Waals surface area contributed by atoms with E-state index in [9.17, 15) is 4.79 Å². The van der Waals surface area contributed by atoms with Gasteiger partial charge >= 0.3 is 0 Å². The number of aromatic amines is 1. The predicted octanol–water partition coefficient (Wildman–Crippen LogP) is 3.88. The van der Waals surface area contributed by atoms with Gasteiger partial charge in [0, 0.05) is 42.9 Å². The zero-order chi connectivity index (χ0) is 24.6. The molecule has 0 radical (unpaired) electrons. The van der Waals surface area contributed by atoms with Gasteiger partial charge < -0.3 is 9.88 Å². The van der Waals surface area contributed by atoms with Crippen molar-refractivity contribution in [1.82, 2.24) is 30.1 Å². The van der Waals surface area contributed by atoms with Gasteiger partial charge in [-0.15, -0.1) is 5.10 Å². The summed E-state index contributed by atoms with van der Waals surface area (Å²) in [6.45, 7) is 11.8. The summed E-state index contributed by atoms with van der Waals surface area (Å²) in [5.41, 5.74) is 3.52. The van der Waals surface area contributed by atoms with Crippen LogP contribution in [0.1, 0.15) is 50.2 Å². The van der Waals surface area contributed by atoms with Crippen molar-refractivity contribution in [2.75, 3.05) is 31.1 Å². The van der Waals surface area contributed by atoms with E-state index >= 15 is 0 Å². The van der Waals surface area contributed by atoms with Gasteiger partial charge in [0.15, 0.2) is 5.82 Å². The molecule has 0 spiro atoms. The Hall–Kier alpha value is -3.52. The molecule has 182 valence electrons. The van der Waals surface area contributed by atoms with E-state index < -0.39 is 0 Å². The molecular weight excluding hydrogens is 438 g/mol. The Kier molecular flexibility index (Phi) is 6.15. The average Bonchev–Trinajstić information content (AvgIpc) is 3.36. The summed E-state index contributed by atoms with van der Waals surface area (Å²) in [6, 6.07) is 18.2. The fourth-order valence-corrected chi connectivity index (χ4v) is 4.87. The molecular formula is C27H33N7O. The van der Waals surface area contributed by atoms with Gasteiger partial charge in [-0.25, -0.2) is 4.68 Å². The number of pyridine rings is 1. The van der Waals surface area contributed by atoms with E-state index in [1.54, 1.807) is 0 Å². The zero-order valence-electron chi connectivity index (χ0n) is 20.9. The van der Waals surface area contributed by atoms with E-state index in [1.807, 2.05) is 28.9 Å². The second-order valence-corrected chi connectivity index (χ2v) is 10.0. The van der Waals surface area contributed by atoms with E-state index in [0.717, 1.165) is 49.1 Å². The van der Waals surface area contributed by atoms with Gasteiger partial charge in [-0.05, 0) is 73.3 Å². The summed E-state index contributed by atoms with van der Waals surface area (Å²) in [4.78, 5) is 21.3. The van der Waals surface area contributed by atoms with E-state index in [-0.39, 0.29) is 17.1 Å². The monoisotopic (exact) mass is 471 g/mol. The third-order valence-electron chi connectivity index (χ3n) is 7.30. The van der Waals surface area contributed by atoms with Gasteiger partial charge in [0.1, 0.15) is 6.04 Å². The van der Waals surface area contributed by atoms with Crippen LogP contribution in [0.5, 0.6) is 0 Å². The van der Waals surface area contributed by atoms with Crippen LogP contribution < -0.4 is 10.5 Å². The standard InChI is InChI=1S/C27H33N7O/c1-5-27(3,4)34-25(29-30-31-34)24(22-18-20-17-19(2)11-12-23(20)28-26(22)35)33-15-13-32(14-16-33)21-9-7-6-8-10-21/h6-12,17-18,24H,5,13-16H2,1-4H3,(H,28,35)/t24-/m0/s1.